The molecule has 0 aliphatic heterocycles. The fraction of sp³-hybridized carbons (Fsp3) is 0.111. The van der Waals surface area contributed by atoms with Gasteiger partial charge in [0.05, 0.1) is 17.3 Å². The molecule has 0 aliphatic carbocycles. The quantitative estimate of drug-likeness (QED) is 0.515. The first-order chi connectivity index (χ1) is 6.02. The van der Waals surface area contributed by atoms with Crippen LogP contribution in [0.3, 0.4) is 0 Å². The molecule has 3 nitrogen and oxygen atoms in total. The van der Waals surface area contributed by atoms with Crippen LogP contribution in [0.5, 0.6) is 0 Å². The van der Waals surface area contributed by atoms with Crippen LogP contribution in [-0.2, 0) is 0 Å². The van der Waals surface area contributed by atoms with Crippen molar-refractivity contribution in [1.29, 1.82) is 10.5 Å². The van der Waals surface area contributed by atoms with Crippen LogP contribution in [-0.4, -0.2) is 0 Å². The maximum Gasteiger partial charge on any atom is 0.138 e. The van der Waals surface area contributed by atoms with Crippen LogP contribution in [0.1, 0.15) is 6.92 Å². The van der Waals surface area contributed by atoms with Gasteiger partial charge in [-0.05, 0) is 13.0 Å². The summed E-state index contributed by atoms with van der Waals surface area (Å²) in [5.41, 5.74) is 5.16. The van der Waals surface area contributed by atoms with E-state index >= 15 is 0 Å². The molecule has 0 aromatic heterocycles. The zero-order chi connectivity index (χ0) is 10.4. The van der Waals surface area contributed by atoms with E-state index in [1.54, 1.807) is 12.1 Å². The molecule has 0 atom stereocenters. The van der Waals surface area contributed by atoms with Gasteiger partial charge >= 0.3 is 0 Å². The van der Waals surface area contributed by atoms with Gasteiger partial charge in [0.1, 0.15) is 11.9 Å². The van der Waals surface area contributed by atoms with Crippen LogP contribution in [0, 0.1) is 22.7 Å². The summed E-state index contributed by atoms with van der Waals surface area (Å²) in [6.07, 6.45) is 1.08. The topological polar surface area (TPSA) is 73.6 Å². The Morgan fingerprint density at radius 2 is 2.00 bits per heavy atom. The van der Waals surface area contributed by atoms with Gasteiger partial charge in [-0.15, -0.1) is 0 Å². The number of nitrogens with two attached hydrogens (primary N) is 1. The number of nitrogens with zero attached hydrogens (tertiary/aromatic N) is 2. The number of rotatable bonds is 2. The van der Waals surface area contributed by atoms with Gasteiger partial charge in [0.2, 0.25) is 0 Å². The Bertz CT molecular complexity index is 363. The van der Waals surface area contributed by atoms with Crippen LogP contribution in [0.4, 0.5) is 4.39 Å². The average molecular weight is 177 g/mol. The van der Waals surface area contributed by atoms with Gasteiger partial charge in [0.15, 0.2) is 0 Å². The molecule has 0 spiro atoms. The standard InChI is InChI=1S/C9H8FN3/c1-6(4-11)8(5-12)3-9(13)7(2)10/h3H,2,13H2,1H3/b8-6-,9-3+. The third-order valence-electron chi connectivity index (χ3n) is 1.31. The minimum absolute atomic E-state index is 0.0406. The molecule has 0 bridgehead atoms. The van der Waals surface area contributed by atoms with Crippen molar-refractivity contribution < 1.29 is 4.39 Å². The van der Waals surface area contributed by atoms with Crippen molar-refractivity contribution in [3.8, 4) is 12.1 Å². The van der Waals surface area contributed by atoms with Crippen LogP contribution in [0.15, 0.2) is 35.3 Å². The van der Waals surface area contributed by atoms with E-state index in [2.05, 4.69) is 6.58 Å². The Morgan fingerprint density at radius 1 is 1.46 bits per heavy atom. The Morgan fingerprint density at radius 3 is 2.31 bits per heavy atom. The molecule has 0 rings (SSSR count). The van der Waals surface area contributed by atoms with E-state index in [4.69, 9.17) is 16.3 Å². The third kappa shape index (κ3) is 3.22. The molecule has 0 radical (unpaired) electrons. The lowest BCUT2D eigenvalue weighted by Gasteiger charge is -1.95. The lowest BCUT2D eigenvalue weighted by molar-refractivity contribution is 0.653. The predicted molar refractivity (Wildman–Crippen MR) is 46.4 cm³/mol. The summed E-state index contributed by atoms with van der Waals surface area (Å²) in [6.45, 7) is 4.40. The highest BCUT2D eigenvalue weighted by Crippen LogP contribution is 2.09. The normalized spacial score (nSPS) is 12.5. The van der Waals surface area contributed by atoms with E-state index in [-0.39, 0.29) is 16.8 Å². The van der Waals surface area contributed by atoms with Gasteiger partial charge < -0.3 is 5.73 Å². The molecule has 0 unspecified atom stereocenters. The molecule has 0 amide bonds. The zero-order valence-corrected chi connectivity index (χ0v) is 7.13. The molecule has 66 valence electrons. The van der Waals surface area contributed by atoms with Crippen molar-refractivity contribution in [3.05, 3.63) is 35.3 Å². The summed E-state index contributed by atoms with van der Waals surface area (Å²) in [6, 6.07) is 3.50. The van der Waals surface area contributed by atoms with Crippen molar-refractivity contribution in [2.75, 3.05) is 0 Å². The molecule has 0 saturated carbocycles. The molecule has 0 aromatic rings. The monoisotopic (exact) mass is 177 g/mol. The van der Waals surface area contributed by atoms with Gasteiger partial charge in [-0.3, -0.25) is 0 Å². The van der Waals surface area contributed by atoms with E-state index in [9.17, 15) is 4.39 Å². The lowest BCUT2D eigenvalue weighted by Crippen LogP contribution is -1.97. The van der Waals surface area contributed by atoms with E-state index < -0.39 is 5.83 Å². The number of hydrogen-bond acceptors (Lipinski definition) is 3. The first kappa shape index (κ1) is 10.9. The molecular weight excluding hydrogens is 169 g/mol. The minimum Gasteiger partial charge on any atom is -0.396 e. The Hall–Kier alpha value is -2.07. The van der Waals surface area contributed by atoms with Crippen molar-refractivity contribution in [2.45, 2.75) is 6.92 Å². The van der Waals surface area contributed by atoms with Crippen molar-refractivity contribution >= 4 is 0 Å². The van der Waals surface area contributed by atoms with E-state index in [1.807, 2.05) is 0 Å². The first-order valence-corrected chi connectivity index (χ1v) is 3.36. The summed E-state index contributed by atoms with van der Waals surface area (Å²) in [5.74, 6) is -0.821. The Balaban J connectivity index is 5.13. The maximum atomic E-state index is 12.4. The van der Waals surface area contributed by atoms with E-state index in [1.165, 1.54) is 6.92 Å². The molecule has 0 fully saturated rings. The van der Waals surface area contributed by atoms with Crippen molar-refractivity contribution in [3.63, 3.8) is 0 Å². The highest BCUT2D eigenvalue weighted by atomic mass is 19.1. The molecule has 0 saturated heterocycles. The van der Waals surface area contributed by atoms with Gasteiger partial charge in [-0.2, -0.15) is 10.5 Å². The van der Waals surface area contributed by atoms with Gasteiger partial charge in [-0.25, -0.2) is 4.39 Å². The molecule has 0 heterocycles. The van der Waals surface area contributed by atoms with Gasteiger partial charge in [0, 0.05) is 5.57 Å². The molecular formula is C9H8FN3. The van der Waals surface area contributed by atoms with Crippen LogP contribution < -0.4 is 5.73 Å². The van der Waals surface area contributed by atoms with E-state index in [0.29, 0.717) is 0 Å². The lowest BCUT2D eigenvalue weighted by atomic mass is 10.1. The summed E-state index contributed by atoms with van der Waals surface area (Å²) in [7, 11) is 0. The predicted octanol–water partition coefficient (Wildman–Crippen LogP) is 1.68. The second kappa shape index (κ2) is 4.74. The van der Waals surface area contributed by atoms with Gasteiger partial charge in [0.25, 0.3) is 0 Å². The largest absolute Gasteiger partial charge is 0.396 e. The van der Waals surface area contributed by atoms with E-state index in [0.717, 1.165) is 6.08 Å². The third-order valence-corrected chi connectivity index (χ3v) is 1.31. The second-order valence-corrected chi connectivity index (χ2v) is 2.27. The van der Waals surface area contributed by atoms with Gasteiger partial charge in [-0.1, -0.05) is 6.58 Å². The highest BCUT2D eigenvalue weighted by Gasteiger charge is 2.01. The number of nitriles is 2. The summed E-state index contributed by atoms with van der Waals surface area (Å²) in [5, 5.41) is 17.0. The molecule has 13 heavy (non-hydrogen) atoms. The fourth-order valence-electron chi connectivity index (χ4n) is 0.518. The summed E-state index contributed by atoms with van der Waals surface area (Å²) in [4.78, 5) is 0. The maximum absolute atomic E-state index is 12.4. The van der Waals surface area contributed by atoms with Crippen molar-refractivity contribution in [1.82, 2.24) is 0 Å². The van der Waals surface area contributed by atoms with Crippen LogP contribution in [0.2, 0.25) is 0 Å². The van der Waals surface area contributed by atoms with Crippen molar-refractivity contribution in [2.24, 2.45) is 5.73 Å². The average Bonchev–Trinajstić information content (AvgIpc) is 2.12. The molecule has 4 heteroatoms. The molecule has 2 N–H and O–H groups in total. The zero-order valence-electron chi connectivity index (χ0n) is 7.13. The first-order valence-electron chi connectivity index (χ1n) is 3.36. The summed E-state index contributed by atoms with van der Waals surface area (Å²) < 4.78 is 12.4. The Kier molecular flexibility index (Phi) is 3.98. The number of halogens is 1. The minimum atomic E-state index is -0.821. The number of allylic oxidation sites excluding steroid dienone is 4. The van der Waals surface area contributed by atoms with Crippen LogP contribution >= 0.6 is 0 Å². The molecule has 0 aromatic carbocycles. The Labute approximate surface area is 75.9 Å². The second-order valence-electron chi connectivity index (χ2n) is 2.27. The van der Waals surface area contributed by atoms with Crippen LogP contribution in [0.25, 0.3) is 0 Å². The number of hydrogen-bond donors (Lipinski definition) is 1. The summed E-state index contributed by atoms with van der Waals surface area (Å²) >= 11 is 0. The highest BCUT2D eigenvalue weighted by molar-refractivity contribution is 5.46. The molecule has 0 aliphatic rings. The fourth-order valence-corrected chi connectivity index (χ4v) is 0.518. The SMILES string of the molecule is C=C(F)/C(N)=C\C(C#N)=C(/C)C#N. The smallest absolute Gasteiger partial charge is 0.138 e.